The molecule has 0 amide bonds. The van der Waals surface area contributed by atoms with E-state index in [-0.39, 0.29) is 0 Å². The van der Waals surface area contributed by atoms with Gasteiger partial charge in [-0.05, 0) is 62.4 Å². The molecule has 0 N–H and O–H groups in total. The lowest BCUT2D eigenvalue weighted by Gasteiger charge is -2.44. The minimum atomic E-state index is 0.684. The Morgan fingerprint density at radius 1 is 1.10 bits per heavy atom. The first-order valence-corrected chi connectivity index (χ1v) is 8.24. The maximum Gasteiger partial charge on any atom is 0.119 e. The van der Waals surface area contributed by atoms with E-state index in [0.29, 0.717) is 5.56 Å². The Labute approximate surface area is 127 Å². The highest BCUT2D eigenvalue weighted by molar-refractivity contribution is 5.34. The number of rotatable bonds is 4. The molecule has 112 valence electrons. The number of likely N-dealkylation sites (tertiary alicyclic amines) is 1. The maximum atomic E-state index is 8.79. The lowest BCUT2D eigenvalue weighted by atomic mass is 9.78. The van der Waals surface area contributed by atoms with Crippen LogP contribution >= 0.6 is 0 Å². The third kappa shape index (κ3) is 3.57. The van der Waals surface area contributed by atoms with E-state index in [9.17, 15) is 0 Å². The first kappa shape index (κ1) is 14.4. The van der Waals surface area contributed by atoms with Gasteiger partial charge in [-0.25, -0.2) is 0 Å². The summed E-state index contributed by atoms with van der Waals surface area (Å²) in [5.74, 6) is 1.80. The summed E-state index contributed by atoms with van der Waals surface area (Å²) in [6.07, 6.45) is 8.40. The van der Waals surface area contributed by atoms with Crippen molar-refractivity contribution in [3.05, 3.63) is 29.8 Å². The highest BCUT2D eigenvalue weighted by Gasteiger charge is 2.32. The molecule has 0 aromatic heterocycles. The maximum absolute atomic E-state index is 8.79. The summed E-state index contributed by atoms with van der Waals surface area (Å²) < 4.78 is 5.84. The van der Waals surface area contributed by atoms with E-state index >= 15 is 0 Å². The molecule has 1 saturated heterocycles. The van der Waals surface area contributed by atoms with Crippen molar-refractivity contribution in [2.75, 3.05) is 19.7 Å². The van der Waals surface area contributed by atoms with E-state index in [2.05, 4.69) is 11.0 Å². The molecule has 1 heterocycles. The fourth-order valence-electron chi connectivity index (χ4n) is 3.91. The van der Waals surface area contributed by atoms with Crippen LogP contribution in [0.1, 0.15) is 44.1 Å². The Balaban J connectivity index is 1.48. The molecular weight excluding hydrogens is 260 g/mol. The third-order valence-corrected chi connectivity index (χ3v) is 4.99. The van der Waals surface area contributed by atoms with Crippen molar-refractivity contribution in [2.45, 2.75) is 44.6 Å². The molecular formula is C18H24N2O. The Bertz CT molecular complexity index is 489. The number of hydrogen-bond acceptors (Lipinski definition) is 3. The number of benzene rings is 1. The second-order valence-electron chi connectivity index (χ2n) is 6.27. The van der Waals surface area contributed by atoms with Gasteiger partial charge in [0, 0.05) is 12.6 Å². The molecule has 3 heteroatoms. The van der Waals surface area contributed by atoms with Gasteiger partial charge in [0.15, 0.2) is 0 Å². The van der Waals surface area contributed by atoms with Gasteiger partial charge in [0.1, 0.15) is 12.4 Å². The lowest BCUT2D eigenvalue weighted by Crippen LogP contribution is -2.48. The fourth-order valence-corrected chi connectivity index (χ4v) is 3.91. The molecule has 2 fully saturated rings. The van der Waals surface area contributed by atoms with Crippen LogP contribution in [0.4, 0.5) is 0 Å². The van der Waals surface area contributed by atoms with Crippen molar-refractivity contribution in [1.29, 1.82) is 5.26 Å². The van der Waals surface area contributed by atoms with Gasteiger partial charge in [0.25, 0.3) is 0 Å². The van der Waals surface area contributed by atoms with Crippen LogP contribution in [-0.2, 0) is 0 Å². The molecule has 3 nitrogen and oxygen atoms in total. The highest BCUT2D eigenvalue weighted by atomic mass is 16.5. The first-order chi connectivity index (χ1) is 10.4. The standard InChI is InChI=1S/C18H24N2O/c19-14-15-7-9-17(10-8-15)21-13-12-20-11-3-5-16-4-1-2-6-18(16)20/h7-10,16,18H,1-6,11-13H2. The molecule has 1 saturated carbocycles. The minimum Gasteiger partial charge on any atom is -0.492 e. The van der Waals surface area contributed by atoms with Crippen LogP contribution < -0.4 is 4.74 Å². The lowest BCUT2D eigenvalue weighted by molar-refractivity contribution is 0.0501. The summed E-state index contributed by atoms with van der Waals surface area (Å²) in [5.41, 5.74) is 0.684. The molecule has 1 aromatic rings. The fraction of sp³-hybridized carbons (Fsp3) is 0.611. The van der Waals surface area contributed by atoms with Crippen LogP contribution in [0.5, 0.6) is 5.75 Å². The number of nitriles is 1. The van der Waals surface area contributed by atoms with E-state index in [0.717, 1.165) is 30.9 Å². The van der Waals surface area contributed by atoms with Crippen LogP contribution in [0.3, 0.4) is 0 Å². The average Bonchev–Trinajstić information content (AvgIpc) is 2.56. The number of hydrogen-bond donors (Lipinski definition) is 0. The smallest absolute Gasteiger partial charge is 0.119 e. The molecule has 2 aliphatic rings. The van der Waals surface area contributed by atoms with Gasteiger partial charge in [-0.3, -0.25) is 4.90 Å². The van der Waals surface area contributed by atoms with Crippen LogP contribution in [0.2, 0.25) is 0 Å². The van der Waals surface area contributed by atoms with Crippen molar-refractivity contribution in [3.8, 4) is 11.8 Å². The Morgan fingerprint density at radius 2 is 1.86 bits per heavy atom. The van der Waals surface area contributed by atoms with E-state index < -0.39 is 0 Å². The summed E-state index contributed by atoms with van der Waals surface area (Å²) in [7, 11) is 0. The summed E-state index contributed by atoms with van der Waals surface area (Å²) >= 11 is 0. The molecule has 1 aliphatic carbocycles. The van der Waals surface area contributed by atoms with Crippen LogP contribution in [0.25, 0.3) is 0 Å². The molecule has 1 aromatic carbocycles. The Hall–Kier alpha value is -1.53. The zero-order valence-electron chi connectivity index (χ0n) is 12.6. The Morgan fingerprint density at radius 3 is 2.67 bits per heavy atom. The molecule has 0 spiro atoms. The van der Waals surface area contributed by atoms with Crippen LogP contribution in [0, 0.1) is 17.2 Å². The van der Waals surface area contributed by atoms with Crippen molar-refractivity contribution in [3.63, 3.8) is 0 Å². The first-order valence-electron chi connectivity index (χ1n) is 8.24. The second-order valence-corrected chi connectivity index (χ2v) is 6.27. The highest BCUT2D eigenvalue weighted by Crippen LogP contribution is 2.34. The van der Waals surface area contributed by atoms with E-state index in [1.807, 2.05) is 24.3 Å². The zero-order valence-corrected chi connectivity index (χ0v) is 12.6. The molecule has 0 bridgehead atoms. The van der Waals surface area contributed by atoms with Gasteiger partial charge in [-0.15, -0.1) is 0 Å². The molecule has 0 radical (unpaired) electrons. The van der Waals surface area contributed by atoms with E-state index in [1.54, 1.807) is 0 Å². The summed E-state index contributed by atoms with van der Waals surface area (Å²) in [6, 6.07) is 10.3. The largest absolute Gasteiger partial charge is 0.492 e. The molecule has 2 unspecified atom stereocenters. The topological polar surface area (TPSA) is 36.3 Å². The van der Waals surface area contributed by atoms with E-state index in [4.69, 9.17) is 10.00 Å². The summed E-state index contributed by atoms with van der Waals surface area (Å²) in [4.78, 5) is 2.65. The predicted molar refractivity (Wildman–Crippen MR) is 83.2 cm³/mol. The Kier molecular flexibility index (Phi) is 4.77. The van der Waals surface area contributed by atoms with Gasteiger partial charge < -0.3 is 4.74 Å². The quantitative estimate of drug-likeness (QED) is 0.847. The van der Waals surface area contributed by atoms with Gasteiger partial charge >= 0.3 is 0 Å². The van der Waals surface area contributed by atoms with Gasteiger partial charge in [-0.1, -0.05) is 12.8 Å². The van der Waals surface area contributed by atoms with Crippen molar-refractivity contribution < 1.29 is 4.74 Å². The summed E-state index contributed by atoms with van der Waals surface area (Å²) in [5, 5.41) is 8.79. The minimum absolute atomic E-state index is 0.684. The van der Waals surface area contributed by atoms with Crippen molar-refractivity contribution in [1.82, 2.24) is 4.90 Å². The SMILES string of the molecule is N#Cc1ccc(OCCN2CCCC3CCCCC32)cc1. The van der Waals surface area contributed by atoms with E-state index in [1.165, 1.54) is 45.1 Å². The predicted octanol–water partition coefficient (Wildman–Crippen LogP) is 3.59. The second kappa shape index (κ2) is 6.95. The number of piperidine rings is 1. The average molecular weight is 284 g/mol. The van der Waals surface area contributed by atoms with Gasteiger partial charge in [0.05, 0.1) is 11.6 Å². The molecule has 2 atom stereocenters. The molecule has 1 aliphatic heterocycles. The molecule has 3 rings (SSSR count). The van der Waals surface area contributed by atoms with Gasteiger partial charge in [0.2, 0.25) is 0 Å². The van der Waals surface area contributed by atoms with Crippen LogP contribution in [0.15, 0.2) is 24.3 Å². The van der Waals surface area contributed by atoms with Crippen molar-refractivity contribution >= 4 is 0 Å². The third-order valence-electron chi connectivity index (χ3n) is 4.99. The normalized spacial score (nSPS) is 25.9. The van der Waals surface area contributed by atoms with Crippen LogP contribution in [-0.4, -0.2) is 30.6 Å². The van der Waals surface area contributed by atoms with Crippen molar-refractivity contribution in [2.24, 2.45) is 5.92 Å². The number of ether oxygens (including phenoxy) is 1. The zero-order chi connectivity index (χ0) is 14.5. The van der Waals surface area contributed by atoms with Gasteiger partial charge in [-0.2, -0.15) is 5.26 Å². The number of nitrogens with zero attached hydrogens (tertiary/aromatic N) is 2. The number of fused-ring (bicyclic) bond motifs is 1. The molecule has 21 heavy (non-hydrogen) atoms. The monoisotopic (exact) mass is 284 g/mol. The summed E-state index contributed by atoms with van der Waals surface area (Å²) in [6.45, 7) is 3.01.